The van der Waals surface area contributed by atoms with Crippen LogP contribution in [0.25, 0.3) is 10.8 Å². The maximum atomic E-state index is 11.5. The molecule has 0 aromatic heterocycles. The standard InChI is InChI=1S/C16H18O3S/c17-16(10-12-8-9-20(18,19)11-12)15-7-3-5-13-4-1-2-6-14(13)15/h1-7,12,16-17H,8-11H2. The highest BCUT2D eigenvalue weighted by molar-refractivity contribution is 7.91. The third kappa shape index (κ3) is 2.72. The van der Waals surface area contributed by atoms with E-state index < -0.39 is 15.9 Å². The Hall–Kier alpha value is -1.39. The zero-order valence-corrected chi connectivity index (χ0v) is 12.0. The van der Waals surface area contributed by atoms with Crippen molar-refractivity contribution in [3.8, 4) is 0 Å². The smallest absolute Gasteiger partial charge is 0.150 e. The average molecular weight is 290 g/mol. The summed E-state index contributed by atoms with van der Waals surface area (Å²) in [5.74, 6) is 0.559. The van der Waals surface area contributed by atoms with Gasteiger partial charge in [-0.3, -0.25) is 0 Å². The van der Waals surface area contributed by atoms with E-state index in [-0.39, 0.29) is 17.4 Å². The van der Waals surface area contributed by atoms with Gasteiger partial charge in [-0.2, -0.15) is 0 Å². The Kier molecular flexibility index (Phi) is 3.52. The van der Waals surface area contributed by atoms with E-state index in [9.17, 15) is 13.5 Å². The molecule has 20 heavy (non-hydrogen) atoms. The molecule has 1 fully saturated rings. The lowest BCUT2D eigenvalue weighted by molar-refractivity contribution is 0.150. The van der Waals surface area contributed by atoms with E-state index in [4.69, 9.17) is 0 Å². The van der Waals surface area contributed by atoms with E-state index >= 15 is 0 Å². The predicted octanol–water partition coefficient (Wildman–Crippen LogP) is 2.70. The highest BCUT2D eigenvalue weighted by atomic mass is 32.2. The fourth-order valence-corrected chi connectivity index (χ4v) is 4.92. The van der Waals surface area contributed by atoms with Gasteiger partial charge in [0.25, 0.3) is 0 Å². The molecular weight excluding hydrogens is 272 g/mol. The number of benzene rings is 2. The molecule has 2 atom stereocenters. The van der Waals surface area contributed by atoms with Crippen LogP contribution in [-0.2, 0) is 9.84 Å². The summed E-state index contributed by atoms with van der Waals surface area (Å²) in [6.45, 7) is 0. The summed E-state index contributed by atoms with van der Waals surface area (Å²) in [6.07, 6.45) is 0.594. The largest absolute Gasteiger partial charge is 0.388 e. The number of fused-ring (bicyclic) bond motifs is 1. The first kappa shape index (κ1) is 13.6. The van der Waals surface area contributed by atoms with Gasteiger partial charge in [0.15, 0.2) is 9.84 Å². The van der Waals surface area contributed by atoms with Gasteiger partial charge in [0.2, 0.25) is 0 Å². The molecule has 0 bridgehead atoms. The van der Waals surface area contributed by atoms with Gasteiger partial charge in [0.05, 0.1) is 17.6 Å². The molecule has 3 nitrogen and oxygen atoms in total. The normalized spacial score (nSPS) is 22.9. The van der Waals surface area contributed by atoms with Gasteiger partial charge in [-0.25, -0.2) is 8.42 Å². The summed E-state index contributed by atoms with van der Waals surface area (Å²) in [5, 5.41) is 12.6. The van der Waals surface area contributed by atoms with Crippen molar-refractivity contribution in [2.24, 2.45) is 5.92 Å². The molecule has 0 aliphatic carbocycles. The second-order valence-corrected chi connectivity index (χ2v) is 7.82. The molecule has 2 unspecified atom stereocenters. The number of hydrogen-bond acceptors (Lipinski definition) is 3. The zero-order valence-electron chi connectivity index (χ0n) is 11.2. The van der Waals surface area contributed by atoms with Gasteiger partial charge < -0.3 is 5.11 Å². The fourth-order valence-electron chi connectivity index (χ4n) is 3.04. The van der Waals surface area contributed by atoms with Crippen LogP contribution in [0.1, 0.15) is 24.5 Å². The van der Waals surface area contributed by atoms with Gasteiger partial charge in [-0.15, -0.1) is 0 Å². The maximum Gasteiger partial charge on any atom is 0.150 e. The van der Waals surface area contributed by atoms with Crippen molar-refractivity contribution < 1.29 is 13.5 Å². The molecule has 106 valence electrons. The Bertz CT molecular complexity index is 716. The Labute approximate surface area is 119 Å². The van der Waals surface area contributed by atoms with Crippen LogP contribution in [0.5, 0.6) is 0 Å². The number of sulfone groups is 1. The van der Waals surface area contributed by atoms with Crippen LogP contribution >= 0.6 is 0 Å². The minimum absolute atomic E-state index is 0.0777. The number of aliphatic hydroxyl groups excluding tert-OH is 1. The molecule has 0 amide bonds. The quantitative estimate of drug-likeness (QED) is 0.945. The molecule has 1 aliphatic rings. The van der Waals surface area contributed by atoms with Crippen molar-refractivity contribution in [2.45, 2.75) is 18.9 Å². The van der Waals surface area contributed by atoms with Crippen molar-refractivity contribution in [1.29, 1.82) is 0 Å². The van der Waals surface area contributed by atoms with Crippen molar-refractivity contribution in [3.05, 3.63) is 48.0 Å². The van der Waals surface area contributed by atoms with Crippen LogP contribution in [0, 0.1) is 5.92 Å². The minimum atomic E-state index is -2.88. The minimum Gasteiger partial charge on any atom is -0.388 e. The van der Waals surface area contributed by atoms with E-state index in [2.05, 4.69) is 0 Å². The summed E-state index contributed by atoms with van der Waals surface area (Å²) < 4.78 is 23.0. The van der Waals surface area contributed by atoms with Crippen molar-refractivity contribution in [2.75, 3.05) is 11.5 Å². The Morgan fingerprint density at radius 3 is 2.65 bits per heavy atom. The van der Waals surface area contributed by atoms with Gasteiger partial charge in [0.1, 0.15) is 0 Å². The first-order valence-corrected chi connectivity index (χ1v) is 8.73. The lowest BCUT2D eigenvalue weighted by Crippen LogP contribution is -2.09. The Balaban J connectivity index is 1.84. The summed E-state index contributed by atoms with van der Waals surface area (Å²) in [6, 6.07) is 13.8. The summed E-state index contributed by atoms with van der Waals surface area (Å²) >= 11 is 0. The van der Waals surface area contributed by atoms with Crippen LogP contribution in [-0.4, -0.2) is 25.0 Å². The lowest BCUT2D eigenvalue weighted by Gasteiger charge is -2.17. The summed E-state index contributed by atoms with van der Waals surface area (Å²) in [4.78, 5) is 0. The second-order valence-electron chi connectivity index (χ2n) is 5.59. The molecule has 0 radical (unpaired) electrons. The number of aliphatic hydroxyl groups is 1. The van der Waals surface area contributed by atoms with Gasteiger partial charge >= 0.3 is 0 Å². The highest BCUT2D eigenvalue weighted by Gasteiger charge is 2.29. The summed E-state index contributed by atoms with van der Waals surface area (Å²) in [5.41, 5.74) is 0.896. The van der Waals surface area contributed by atoms with E-state index in [0.717, 1.165) is 16.3 Å². The molecule has 1 aliphatic heterocycles. The third-order valence-electron chi connectivity index (χ3n) is 4.07. The van der Waals surface area contributed by atoms with Crippen LogP contribution in [0.4, 0.5) is 0 Å². The molecule has 2 aromatic carbocycles. The molecule has 0 spiro atoms. The van der Waals surface area contributed by atoms with Gasteiger partial charge in [-0.05, 0) is 35.1 Å². The van der Waals surface area contributed by atoms with Crippen molar-refractivity contribution in [3.63, 3.8) is 0 Å². The van der Waals surface area contributed by atoms with E-state index in [1.165, 1.54) is 0 Å². The van der Waals surface area contributed by atoms with Crippen LogP contribution in [0.15, 0.2) is 42.5 Å². The van der Waals surface area contributed by atoms with E-state index in [0.29, 0.717) is 12.8 Å². The van der Waals surface area contributed by atoms with Gasteiger partial charge in [0, 0.05) is 0 Å². The average Bonchev–Trinajstić information content (AvgIpc) is 2.77. The molecule has 1 N–H and O–H groups in total. The Morgan fingerprint density at radius 1 is 1.15 bits per heavy atom. The number of hydrogen-bond donors (Lipinski definition) is 1. The first-order chi connectivity index (χ1) is 9.55. The van der Waals surface area contributed by atoms with Crippen molar-refractivity contribution in [1.82, 2.24) is 0 Å². The summed E-state index contributed by atoms with van der Waals surface area (Å²) in [7, 11) is -2.88. The molecular formula is C16H18O3S. The number of rotatable bonds is 3. The lowest BCUT2D eigenvalue weighted by atomic mass is 9.93. The van der Waals surface area contributed by atoms with Gasteiger partial charge in [-0.1, -0.05) is 42.5 Å². The van der Waals surface area contributed by atoms with E-state index in [1.807, 2.05) is 42.5 Å². The van der Waals surface area contributed by atoms with E-state index in [1.54, 1.807) is 0 Å². The molecule has 4 heteroatoms. The highest BCUT2D eigenvalue weighted by Crippen LogP contribution is 2.32. The maximum absolute atomic E-state index is 11.5. The van der Waals surface area contributed by atoms with Crippen LogP contribution < -0.4 is 0 Å². The molecule has 0 saturated carbocycles. The second kappa shape index (κ2) is 5.19. The molecule has 1 saturated heterocycles. The monoisotopic (exact) mass is 290 g/mol. The molecule has 3 rings (SSSR count). The van der Waals surface area contributed by atoms with Crippen molar-refractivity contribution >= 4 is 20.6 Å². The molecule has 1 heterocycles. The zero-order chi connectivity index (χ0) is 14.2. The topological polar surface area (TPSA) is 54.4 Å². The van der Waals surface area contributed by atoms with Crippen LogP contribution in [0.3, 0.4) is 0 Å². The fraction of sp³-hybridized carbons (Fsp3) is 0.375. The predicted molar refractivity (Wildman–Crippen MR) is 80.3 cm³/mol. The van der Waals surface area contributed by atoms with Crippen LogP contribution in [0.2, 0.25) is 0 Å². The first-order valence-electron chi connectivity index (χ1n) is 6.91. The molecule has 2 aromatic rings. The SMILES string of the molecule is O=S1(=O)CCC(CC(O)c2cccc3ccccc23)C1. The third-order valence-corrected chi connectivity index (χ3v) is 5.90. The Morgan fingerprint density at radius 2 is 1.90 bits per heavy atom.